The lowest BCUT2D eigenvalue weighted by atomic mass is 10.1. The van der Waals surface area contributed by atoms with Crippen molar-refractivity contribution in [1.29, 1.82) is 0 Å². The first-order chi connectivity index (χ1) is 12.4. The van der Waals surface area contributed by atoms with E-state index in [9.17, 15) is 13.6 Å². The van der Waals surface area contributed by atoms with Gasteiger partial charge in [0.15, 0.2) is 0 Å². The molecule has 0 N–H and O–H groups in total. The second-order valence-electron chi connectivity index (χ2n) is 5.92. The van der Waals surface area contributed by atoms with Crippen LogP contribution in [0.15, 0.2) is 36.4 Å². The zero-order valence-corrected chi connectivity index (χ0v) is 16.2. The van der Waals surface area contributed by atoms with Gasteiger partial charge in [-0.05, 0) is 42.9 Å². The molecular weight excluding hydrogens is 356 g/mol. The molecule has 3 nitrogen and oxygen atoms in total. The summed E-state index contributed by atoms with van der Waals surface area (Å²) in [5, 5.41) is -0.221. The molecule has 0 radical (unpaired) electrons. The first-order valence-electron chi connectivity index (χ1n) is 8.33. The number of hydrogen-bond donors (Lipinski definition) is 0. The molecule has 140 valence electrons. The first kappa shape index (κ1) is 20.2. The maximum Gasteiger partial charge on any atom is 0.285 e. The minimum atomic E-state index is -2.64. The average Bonchev–Trinajstić information content (AvgIpc) is 2.65. The summed E-state index contributed by atoms with van der Waals surface area (Å²) in [5.74, 6) is 0.649. The molecule has 0 saturated carbocycles. The highest BCUT2D eigenvalue weighted by Gasteiger charge is 2.21. The normalized spacial score (nSPS) is 10.9. The van der Waals surface area contributed by atoms with Crippen LogP contribution >= 0.6 is 11.8 Å². The van der Waals surface area contributed by atoms with Gasteiger partial charge in [-0.1, -0.05) is 43.0 Å². The number of ether oxygens (including phenoxy) is 1. The van der Waals surface area contributed by atoms with Crippen LogP contribution in [-0.4, -0.2) is 18.5 Å². The lowest BCUT2D eigenvalue weighted by Crippen LogP contribution is -2.23. The highest BCUT2D eigenvalue weighted by molar-refractivity contribution is 8.13. The Morgan fingerprint density at radius 2 is 2.00 bits per heavy atom. The van der Waals surface area contributed by atoms with Crippen molar-refractivity contribution in [3.63, 3.8) is 0 Å². The van der Waals surface area contributed by atoms with E-state index in [-0.39, 0.29) is 17.4 Å². The molecule has 0 atom stereocenters. The largest absolute Gasteiger partial charge is 0.489 e. The Morgan fingerprint density at radius 3 is 2.58 bits per heavy atom. The van der Waals surface area contributed by atoms with Crippen LogP contribution in [0, 0.1) is 6.92 Å². The Kier molecular flexibility index (Phi) is 7.03. The number of carbonyl (C=O) groups excluding carboxylic acids is 1. The average molecular weight is 379 g/mol. The second kappa shape index (κ2) is 9.03. The standard InChI is InChI=1S/C20H23F2NO2S/c1-5-14-9-10-18(13(2)11-14)25-12-16-15(19(21)22)7-6-8-17(16)23(3)20(24)26-4/h6-11,19H,5,12H2,1-4H3. The third-order valence-corrected chi connectivity index (χ3v) is 4.88. The van der Waals surface area contributed by atoms with E-state index >= 15 is 0 Å². The second-order valence-corrected chi connectivity index (χ2v) is 6.67. The quantitative estimate of drug-likeness (QED) is 0.617. The van der Waals surface area contributed by atoms with Crippen molar-refractivity contribution in [3.05, 3.63) is 58.7 Å². The van der Waals surface area contributed by atoms with Gasteiger partial charge in [-0.3, -0.25) is 4.79 Å². The molecule has 26 heavy (non-hydrogen) atoms. The van der Waals surface area contributed by atoms with Crippen LogP contribution < -0.4 is 9.64 Å². The van der Waals surface area contributed by atoms with Crippen LogP contribution in [0.2, 0.25) is 0 Å². The summed E-state index contributed by atoms with van der Waals surface area (Å²) in [7, 11) is 1.58. The third-order valence-electron chi connectivity index (χ3n) is 4.25. The zero-order chi connectivity index (χ0) is 19.3. The molecule has 2 aromatic rings. The summed E-state index contributed by atoms with van der Waals surface area (Å²) in [6, 6.07) is 10.4. The van der Waals surface area contributed by atoms with E-state index in [2.05, 4.69) is 6.92 Å². The van der Waals surface area contributed by atoms with Crippen molar-refractivity contribution in [1.82, 2.24) is 0 Å². The Bertz CT molecular complexity index is 780. The van der Waals surface area contributed by atoms with Crippen LogP contribution in [0.25, 0.3) is 0 Å². The summed E-state index contributed by atoms with van der Waals surface area (Å²) in [5.41, 5.74) is 2.78. The number of nitrogens with zero attached hydrogens (tertiary/aromatic N) is 1. The fourth-order valence-corrected chi connectivity index (χ4v) is 3.12. The van der Waals surface area contributed by atoms with Crippen molar-refractivity contribution < 1.29 is 18.3 Å². The van der Waals surface area contributed by atoms with Gasteiger partial charge in [0, 0.05) is 18.2 Å². The van der Waals surface area contributed by atoms with Crippen molar-refractivity contribution in [2.24, 2.45) is 0 Å². The number of hydrogen-bond acceptors (Lipinski definition) is 3. The fourth-order valence-electron chi connectivity index (χ4n) is 2.75. The zero-order valence-electron chi connectivity index (χ0n) is 15.4. The predicted molar refractivity (Wildman–Crippen MR) is 104 cm³/mol. The summed E-state index contributed by atoms with van der Waals surface area (Å²) < 4.78 is 32.8. The minimum absolute atomic E-state index is 0.0336. The molecule has 0 unspecified atom stereocenters. The van der Waals surface area contributed by atoms with Crippen molar-refractivity contribution in [3.8, 4) is 5.75 Å². The van der Waals surface area contributed by atoms with Crippen LogP contribution in [0.3, 0.4) is 0 Å². The summed E-state index contributed by atoms with van der Waals surface area (Å²) in [4.78, 5) is 13.4. The number of anilines is 1. The topological polar surface area (TPSA) is 29.5 Å². The Balaban J connectivity index is 2.36. The first-order valence-corrected chi connectivity index (χ1v) is 9.55. The van der Waals surface area contributed by atoms with Crippen LogP contribution in [0.5, 0.6) is 5.75 Å². The smallest absolute Gasteiger partial charge is 0.285 e. The van der Waals surface area contributed by atoms with Crippen LogP contribution in [0.4, 0.5) is 19.3 Å². The molecule has 0 aliphatic carbocycles. The number of carbonyl (C=O) groups is 1. The molecule has 2 rings (SSSR count). The fraction of sp³-hybridized carbons (Fsp3) is 0.350. The van der Waals surface area contributed by atoms with Gasteiger partial charge in [-0.2, -0.15) is 0 Å². The monoisotopic (exact) mass is 379 g/mol. The predicted octanol–water partition coefficient (Wildman–Crippen LogP) is 5.99. The Hall–Kier alpha value is -2.08. The number of halogens is 2. The molecule has 0 aliphatic heterocycles. The number of thioether (sulfide) groups is 1. The lowest BCUT2D eigenvalue weighted by Gasteiger charge is -2.22. The third kappa shape index (κ3) is 4.55. The number of aryl methyl sites for hydroxylation is 2. The molecule has 6 heteroatoms. The van der Waals surface area contributed by atoms with Crippen molar-refractivity contribution in [2.45, 2.75) is 33.3 Å². The highest BCUT2D eigenvalue weighted by Crippen LogP contribution is 2.32. The van der Waals surface area contributed by atoms with E-state index in [4.69, 9.17) is 4.74 Å². The van der Waals surface area contributed by atoms with E-state index < -0.39 is 6.43 Å². The van der Waals surface area contributed by atoms with Gasteiger partial charge in [0.2, 0.25) is 0 Å². The molecule has 0 bridgehead atoms. The minimum Gasteiger partial charge on any atom is -0.489 e. The molecule has 0 aliphatic rings. The van der Waals surface area contributed by atoms with Crippen LogP contribution in [0.1, 0.15) is 35.6 Å². The molecule has 0 spiro atoms. The van der Waals surface area contributed by atoms with E-state index in [0.29, 0.717) is 17.0 Å². The number of amides is 1. The molecule has 0 saturated heterocycles. The molecule has 0 heterocycles. The maximum absolute atomic E-state index is 13.5. The van der Waals surface area contributed by atoms with Crippen LogP contribution in [-0.2, 0) is 13.0 Å². The van der Waals surface area contributed by atoms with Gasteiger partial charge in [0.25, 0.3) is 11.7 Å². The summed E-state index contributed by atoms with van der Waals surface area (Å²) in [6.45, 7) is 3.96. The molecule has 1 amide bonds. The van der Waals surface area contributed by atoms with Gasteiger partial charge >= 0.3 is 0 Å². The van der Waals surface area contributed by atoms with Gasteiger partial charge < -0.3 is 9.64 Å². The number of rotatable bonds is 6. The lowest BCUT2D eigenvalue weighted by molar-refractivity contribution is 0.148. The SMILES string of the molecule is CCc1ccc(OCc2c(C(F)F)cccc2N(C)C(=O)SC)c(C)c1. The molecule has 0 aromatic heterocycles. The van der Waals surface area contributed by atoms with Crippen molar-refractivity contribution >= 4 is 22.7 Å². The van der Waals surface area contributed by atoms with Gasteiger partial charge in [0.05, 0.1) is 5.69 Å². The van der Waals surface area contributed by atoms with Gasteiger partial charge in [0.1, 0.15) is 12.4 Å². The van der Waals surface area contributed by atoms with E-state index in [1.807, 2.05) is 25.1 Å². The summed E-state index contributed by atoms with van der Waals surface area (Å²) >= 11 is 1.03. The molecular formula is C20H23F2NO2S. The van der Waals surface area contributed by atoms with Crippen molar-refractivity contribution in [2.75, 3.05) is 18.2 Å². The maximum atomic E-state index is 13.5. The Morgan fingerprint density at radius 1 is 1.27 bits per heavy atom. The molecule has 2 aromatic carbocycles. The number of benzene rings is 2. The highest BCUT2D eigenvalue weighted by atomic mass is 32.2. The summed E-state index contributed by atoms with van der Waals surface area (Å²) in [6.07, 6.45) is -0.0685. The van der Waals surface area contributed by atoms with E-state index in [0.717, 1.165) is 23.7 Å². The van der Waals surface area contributed by atoms with Gasteiger partial charge in [-0.25, -0.2) is 8.78 Å². The molecule has 0 fully saturated rings. The Labute approximate surface area is 157 Å². The van der Waals surface area contributed by atoms with Gasteiger partial charge in [-0.15, -0.1) is 0 Å². The van der Waals surface area contributed by atoms with E-state index in [1.54, 1.807) is 19.4 Å². The van der Waals surface area contributed by atoms with E-state index in [1.165, 1.54) is 22.6 Å². The number of alkyl halides is 2.